The van der Waals surface area contributed by atoms with Crippen molar-refractivity contribution in [3.8, 4) is 0 Å². The first-order valence-corrected chi connectivity index (χ1v) is 7.55. The SMILES string of the molecule is Cc1ccc(CC2CCN(Cc3nccn3C)C2)cc1F. The lowest BCUT2D eigenvalue weighted by atomic mass is 9.98. The van der Waals surface area contributed by atoms with E-state index in [9.17, 15) is 4.39 Å². The number of aryl methyl sites for hydroxylation is 2. The molecule has 21 heavy (non-hydrogen) atoms. The van der Waals surface area contributed by atoms with Gasteiger partial charge in [-0.3, -0.25) is 4.90 Å². The number of rotatable bonds is 4. The summed E-state index contributed by atoms with van der Waals surface area (Å²) in [5.41, 5.74) is 1.84. The molecule has 3 nitrogen and oxygen atoms in total. The summed E-state index contributed by atoms with van der Waals surface area (Å²) in [6.07, 6.45) is 5.98. The van der Waals surface area contributed by atoms with E-state index in [-0.39, 0.29) is 5.82 Å². The molecule has 0 aliphatic carbocycles. The first-order valence-electron chi connectivity index (χ1n) is 7.55. The van der Waals surface area contributed by atoms with Gasteiger partial charge in [0, 0.05) is 26.0 Å². The molecule has 0 amide bonds. The van der Waals surface area contributed by atoms with Crippen LogP contribution in [-0.4, -0.2) is 27.5 Å². The molecule has 0 spiro atoms. The third-order valence-electron chi connectivity index (χ3n) is 4.42. The fourth-order valence-electron chi connectivity index (χ4n) is 3.07. The Kier molecular flexibility index (Phi) is 4.06. The van der Waals surface area contributed by atoms with Crippen LogP contribution in [-0.2, 0) is 20.0 Å². The van der Waals surface area contributed by atoms with E-state index in [1.165, 1.54) is 6.42 Å². The second-order valence-corrected chi connectivity index (χ2v) is 6.13. The van der Waals surface area contributed by atoms with Gasteiger partial charge < -0.3 is 4.57 Å². The Morgan fingerprint density at radius 1 is 1.38 bits per heavy atom. The van der Waals surface area contributed by atoms with E-state index in [0.29, 0.717) is 5.92 Å². The molecular weight excluding hydrogens is 265 g/mol. The molecule has 0 saturated carbocycles. The molecule has 112 valence electrons. The largest absolute Gasteiger partial charge is 0.337 e. The summed E-state index contributed by atoms with van der Waals surface area (Å²) < 4.78 is 15.7. The molecule has 4 heteroatoms. The fraction of sp³-hybridized carbons (Fsp3) is 0.471. The molecule has 0 N–H and O–H groups in total. The first kappa shape index (κ1) is 14.3. The van der Waals surface area contributed by atoms with Gasteiger partial charge in [-0.2, -0.15) is 0 Å². The van der Waals surface area contributed by atoms with Crippen LogP contribution < -0.4 is 0 Å². The van der Waals surface area contributed by atoms with Crippen LogP contribution in [0, 0.1) is 18.7 Å². The molecule has 3 rings (SSSR count). The van der Waals surface area contributed by atoms with Crippen molar-refractivity contribution in [2.45, 2.75) is 26.3 Å². The summed E-state index contributed by atoms with van der Waals surface area (Å²) in [5, 5.41) is 0. The van der Waals surface area contributed by atoms with Crippen LogP contribution >= 0.6 is 0 Å². The van der Waals surface area contributed by atoms with E-state index in [2.05, 4.69) is 20.5 Å². The van der Waals surface area contributed by atoms with E-state index in [1.807, 2.05) is 32.4 Å². The number of halogens is 1. The van der Waals surface area contributed by atoms with Crippen molar-refractivity contribution in [3.05, 3.63) is 53.4 Å². The van der Waals surface area contributed by atoms with Gasteiger partial charge in [0.1, 0.15) is 11.6 Å². The molecule has 1 aliphatic rings. The third-order valence-corrected chi connectivity index (χ3v) is 4.42. The zero-order valence-electron chi connectivity index (χ0n) is 12.7. The van der Waals surface area contributed by atoms with Gasteiger partial charge in [-0.25, -0.2) is 9.37 Å². The number of hydrogen-bond acceptors (Lipinski definition) is 2. The Labute approximate surface area is 125 Å². The summed E-state index contributed by atoms with van der Waals surface area (Å²) >= 11 is 0. The highest BCUT2D eigenvalue weighted by Gasteiger charge is 2.23. The Bertz CT molecular complexity index is 620. The highest BCUT2D eigenvalue weighted by Crippen LogP contribution is 2.23. The maximum absolute atomic E-state index is 13.6. The average molecular weight is 287 g/mol. The molecule has 1 unspecified atom stereocenters. The lowest BCUT2D eigenvalue weighted by Crippen LogP contribution is -2.22. The molecule has 1 aromatic carbocycles. The molecule has 2 aromatic rings. The Hall–Kier alpha value is -1.68. The fourth-order valence-corrected chi connectivity index (χ4v) is 3.07. The van der Waals surface area contributed by atoms with Gasteiger partial charge in [0.15, 0.2) is 0 Å². The summed E-state index contributed by atoms with van der Waals surface area (Å²) in [7, 11) is 2.03. The topological polar surface area (TPSA) is 21.1 Å². The van der Waals surface area contributed by atoms with Crippen LogP contribution in [0.25, 0.3) is 0 Å². The van der Waals surface area contributed by atoms with E-state index in [0.717, 1.165) is 43.0 Å². The lowest BCUT2D eigenvalue weighted by molar-refractivity contribution is 0.305. The normalized spacial score (nSPS) is 19.3. The van der Waals surface area contributed by atoms with Crippen LogP contribution in [0.2, 0.25) is 0 Å². The summed E-state index contributed by atoms with van der Waals surface area (Å²) in [5.74, 6) is 1.64. The van der Waals surface area contributed by atoms with E-state index in [1.54, 1.807) is 6.07 Å². The molecule has 0 radical (unpaired) electrons. The predicted octanol–water partition coefficient (Wildman–Crippen LogP) is 2.93. The zero-order chi connectivity index (χ0) is 14.8. The van der Waals surface area contributed by atoms with Gasteiger partial charge in [-0.05, 0) is 49.4 Å². The summed E-state index contributed by atoms with van der Waals surface area (Å²) in [6, 6.07) is 5.63. The number of likely N-dealkylation sites (tertiary alicyclic amines) is 1. The van der Waals surface area contributed by atoms with Gasteiger partial charge in [-0.1, -0.05) is 12.1 Å². The standard InChI is InChI=1S/C17H22FN3/c1-13-3-4-14(10-16(13)18)9-15-5-7-21(11-15)12-17-19-6-8-20(17)2/h3-4,6,8,10,15H,5,7,9,11-12H2,1-2H3. The second kappa shape index (κ2) is 5.98. The molecule has 1 atom stereocenters. The third kappa shape index (κ3) is 3.32. The lowest BCUT2D eigenvalue weighted by Gasteiger charge is -2.16. The maximum atomic E-state index is 13.6. The van der Waals surface area contributed by atoms with E-state index < -0.39 is 0 Å². The predicted molar refractivity (Wildman–Crippen MR) is 81.4 cm³/mol. The van der Waals surface area contributed by atoms with Crippen molar-refractivity contribution in [2.75, 3.05) is 13.1 Å². The molecule has 2 heterocycles. The minimum Gasteiger partial charge on any atom is -0.337 e. The zero-order valence-corrected chi connectivity index (χ0v) is 12.7. The van der Waals surface area contributed by atoms with Crippen molar-refractivity contribution in [2.24, 2.45) is 13.0 Å². The van der Waals surface area contributed by atoms with Crippen LogP contribution in [0.5, 0.6) is 0 Å². The van der Waals surface area contributed by atoms with E-state index in [4.69, 9.17) is 0 Å². The Morgan fingerprint density at radius 2 is 2.24 bits per heavy atom. The highest BCUT2D eigenvalue weighted by molar-refractivity contribution is 5.23. The maximum Gasteiger partial charge on any atom is 0.126 e. The Balaban J connectivity index is 1.57. The Morgan fingerprint density at radius 3 is 2.95 bits per heavy atom. The van der Waals surface area contributed by atoms with Gasteiger partial charge in [0.2, 0.25) is 0 Å². The van der Waals surface area contributed by atoms with Gasteiger partial charge in [0.25, 0.3) is 0 Å². The highest BCUT2D eigenvalue weighted by atomic mass is 19.1. The number of aromatic nitrogens is 2. The molecule has 1 aliphatic heterocycles. The van der Waals surface area contributed by atoms with Crippen molar-refractivity contribution >= 4 is 0 Å². The van der Waals surface area contributed by atoms with Gasteiger partial charge >= 0.3 is 0 Å². The summed E-state index contributed by atoms with van der Waals surface area (Å²) in [4.78, 5) is 6.82. The van der Waals surface area contributed by atoms with Gasteiger partial charge in [-0.15, -0.1) is 0 Å². The quantitative estimate of drug-likeness (QED) is 0.862. The number of imidazole rings is 1. The van der Waals surface area contributed by atoms with Crippen molar-refractivity contribution in [1.29, 1.82) is 0 Å². The van der Waals surface area contributed by atoms with E-state index >= 15 is 0 Å². The van der Waals surface area contributed by atoms with Crippen LogP contribution in [0.15, 0.2) is 30.6 Å². The van der Waals surface area contributed by atoms with Crippen LogP contribution in [0.4, 0.5) is 4.39 Å². The van der Waals surface area contributed by atoms with Crippen LogP contribution in [0.3, 0.4) is 0 Å². The minimum absolute atomic E-state index is 0.0876. The smallest absolute Gasteiger partial charge is 0.126 e. The first-order chi connectivity index (χ1) is 10.1. The van der Waals surface area contributed by atoms with Gasteiger partial charge in [0.05, 0.1) is 6.54 Å². The van der Waals surface area contributed by atoms with Crippen molar-refractivity contribution in [3.63, 3.8) is 0 Å². The average Bonchev–Trinajstić information content (AvgIpc) is 3.05. The van der Waals surface area contributed by atoms with Crippen molar-refractivity contribution in [1.82, 2.24) is 14.5 Å². The molecule has 1 saturated heterocycles. The van der Waals surface area contributed by atoms with Crippen LogP contribution in [0.1, 0.15) is 23.4 Å². The molecule has 1 fully saturated rings. The number of hydrogen-bond donors (Lipinski definition) is 0. The second-order valence-electron chi connectivity index (χ2n) is 6.13. The molecule has 0 bridgehead atoms. The number of nitrogens with zero attached hydrogens (tertiary/aromatic N) is 3. The molecule has 1 aromatic heterocycles. The monoisotopic (exact) mass is 287 g/mol. The summed E-state index contributed by atoms with van der Waals surface area (Å²) in [6.45, 7) is 4.89. The van der Waals surface area contributed by atoms with Crippen molar-refractivity contribution < 1.29 is 4.39 Å². The number of benzene rings is 1. The molecular formula is C17H22FN3. The minimum atomic E-state index is -0.0876.